The van der Waals surface area contributed by atoms with E-state index >= 15 is 0 Å². The average Bonchev–Trinajstić information content (AvgIpc) is 2.66. The van der Waals surface area contributed by atoms with Gasteiger partial charge >= 0.3 is 0 Å². The van der Waals surface area contributed by atoms with Crippen LogP contribution in [-0.4, -0.2) is 10.9 Å². The molecule has 5 nitrogen and oxygen atoms in total. The second-order valence-corrected chi connectivity index (χ2v) is 5.99. The van der Waals surface area contributed by atoms with Crippen molar-refractivity contribution in [3.8, 4) is 23.1 Å². The Hall–Kier alpha value is -3.43. The molecule has 0 bridgehead atoms. The SMILES string of the molecule is Cc1cc(-c2cc(COc3ccc(C#N)c(F)c3)ccn2)ccc1C(N)=O.Cl. The summed E-state index contributed by atoms with van der Waals surface area (Å²) in [5.41, 5.74) is 8.98. The summed E-state index contributed by atoms with van der Waals surface area (Å²) in [6.45, 7) is 2.04. The number of benzene rings is 2. The Morgan fingerprint density at radius 3 is 2.64 bits per heavy atom. The number of rotatable bonds is 5. The highest BCUT2D eigenvalue weighted by atomic mass is 35.5. The van der Waals surface area contributed by atoms with Crippen LogP contribution in [-0.2, 0) is 6.61 Å². The number of hydrogen-bond donors (Lipinski definition) is 1. The number of pyridine rings is 1. The highest BCUT2D eigenvalue weighted by Gasteiger charge is 2.08. The van der Waals surface area contributed by atoms with Crippen LogP contribution in [0.4, 0.5) is 4.39 Å². The van der Waals surface area contributed by atoms with E-state index in [0.29, 0.717) is 11.3 Å². The number of nitrogens with zero attached hydrogens (tertiary/aromatic N) is 2. The van der Waals surface area contributed by atoms with Crippen molar-refractivity contribution in [1.29, 1.82) is 5.26 Å². The Morgan fingerprint density at radius 1 is 1.21 bits per heavy atom. The maximum Gasteiger partial charge on any atom is 0.248 e. The Bertz CT molecular complexity index is 1060. The van der Waals surface area contributed by atoms with Gasteiger partial charge in [0.25, 0.3) is 0 Å². The van der Waals surface area contributed by atoms with Crippen LogP contribution in [0.15, 0.2) is 54.7 Å². The van der Waals surface area contributed by atoms with Gasteiger partial charge in [0, 0.05) is 23.4 Å². The van der Waals surface area contributed by atoms with E-state index in [2.05, 4.69) is 4.98 Å². The van der Waals surface area contributed by atoms with E-state index in [4.69, 9.17) is 15.7 Å². The highest BCUT2D eigenvalue weighted by molar-refractivity contribution is 5.94. The summed E-state index contributed by atoms with van der Waals surface area (Å²) in [6, 6.07) is 14.9. The van der Waals surface area contributed by atoms with Crippen LogP contribution in [0, 0.1) is 24.1 Å². The minimum Gasteiger partial charge on any atom is -0.489 e. The summed E-state index contributed by atoms with van der Waals surface area (Å²) >= 11 is 0. The number of carbonyl (C=O) groups is 1. The molecular weight excluding hydrogens is 381 g/mol. The van der Waals surface area contributed by atoms with E-state index in [1.807, 2.05) is 19.1 Å². The maximum absolute atomic E-state index is 13.6. The molecule has 0 spiro atoms. The normalized spacial score (nSPS) is 9.89. The third-order valence-electron chi connectivity index (χ3n) is 4.08. The number of nitrogens with two attached hydrogens (primary N) is 1. The van der Waals surface area contributed by atoms with Crippen LogP contribution in [0.1, 0.15) is 27.0 Å². The van der Waals surface area contributed by atoms with E-state index < -0.39 is 11.7 Å². The van der Waals surface area contributed by atoms with Gasteiger partial charge in [-0.2, -0.15) is 5.26 Å². The van der Waals surface area contributed by atoms with Crippen molar-refractivity contribution >= 4 is 18.3 Å². The lowest BCUT2D eigenvalue weighted by atomic mass is 10.0. The molecule has 142 valence electrons. The number of halogens is 2. The van der Waals surface area contributed by atoms with Gasteiger partial charge in [-0.25, -0.2) is 4.39 Å². The first-order valence-electron chi connectivity index (χ1n) is 8.16. The van der Waals surface area contributed by atoms with Crippen molar-refractivity contribution in [2.45, 2.75) is 13.5 Å². The van der Waals surface area contributed by atoms with Crippen molar-refractivity contribution in [2.24, 2.45) is 5.73 Å². The van der Waals surface area contributed by atoms with E-state index in [1.54, 1.807) is 36.5 Å². The van der Waals surface area contributed by atoms with Gasteiger partial charge in [-0.15, -0.1) is 12.4 Å². The molecule has 1 amide bonds. The first-order chi connectivity index (χ1) is 13.0. The van der Waals surface area contributed by atoms with E-state index in [-0.39, 0.29) is 24.6 Å². The lowest BCUT2D eigenvalue weighted by Gasteiger charge is -2.09. The lowest BCUT2D eigenvalue weighted by Crippen LogP contribution is -2.12. The average molecular weight is 398 g/mol. The van der Waals surface area contributed by atoms with Crippen LogP contribution in [0.3, 0.4) is 0 Å². The molecule has 3 aromatic rings. The molecule has 0 saturated heterocycles. The molecule has 2 N–H and O–H groups in total. The minimum absolute atomic E-state index is 0. The smallest absolute Gasteiger partial charge is 0.248 e. The van der Waals surface area contributed by atoms with Gasteiger partial charge in [0.1, 0.15) is 24.2 Å². The molecule has 3 rings (SSSR count). The lowest BCUT2D eigenvalue weighted by molar-refractivity contribution is 0.0999. The molecule has 2 aromatic carbocycles. The molecule has 1 heterocycles. The number of carbonyl (C=O) groups excluding carboxylic acids is 1. The molecule has 0 aliphatic rings. The highest BCUT2D eigenvalue weighted by Crippen LogP contribution is 2.22. The maximum atomic E-state index is 13.6. The topological polar surface area (TPSA) is 89.0 Å². The van der Waals surface area contributed by atoms with E-state index in [1.165, 1.54) is 12.1 Å². The molecule has 0 aliphatic carbocycles. The minimum atomic E-state index is -0.615. The molecular formula is C21H17ClFN3O2. The molecule has 0 saturated carbocycles. The molecule has 28 heavy (non-hydrogen) atoms. The van der Waals surface area contributed by atoms with Crippen molar-refractivity contribution in [3.63, 3.8) is 0 Å². The van der Waals surface area contributed by atoms with Crippen LogP contribution < -0.4 is 10.5 Å². The van der Waals surface area contributed by atoms with Crippen molar-refractivity contribution in [1.82, 2.24) is 4.98 Å². The largest absolute Gasteiger partial charge is 0.489 e. The molecule has 0 aliphatic heterocycles. The zero-order chi connectivity index (χ0) is 19.4. The van der Waals surface area contributed by atoms with Crippen LogP contribution in [0.2, 0.25) is 0 Å². The van der Waals surface area contributed by atoms with Crippen molar-refractivity contribution < 1.29 is 13.9 Å². The number of aromatic nitrogens is 1. The fourth-order valence-corrected chi connectivity index (χ4v) is 2.66. The molecule has 1 aromatic heterocycles. The Kier molecular flexibility index (Phi) is 6.69. The molecule has 7 heteroatoms. The monoisotopic (exact) mass is 397 g/mol. The third kappa shape index (κ3) is 4.64. The van der Waals surface area contributed by atoms with E-state index in [0.717, 1.165) is 22.4 Å². The van der Waals surface area contributed by atoms with Crippen LogP contribution in [0.25, 0.3) is 11.3 Å². The van der Waals surface area contributed by atoms with Gasteiger partial charge in [-0.05, 0) is 54.4 Å². The molecule has 0 radical (unpaired) electrons. The Labute approximate surface area is 168 Å². The van der Waals surface area contributed by atoms with Crippen LogP contribution >= 0.6 is 12.4 Å². The van der Waals surface area contributed by atoms with Gasteiger partial charge in [0.15, 0.2) is 0 Å². The Morgan fingerprint density at radius 2 is 2.00 bits per heavy atom. The number of primary amides is 1. The van der Waals surface area contributed by atoms with Gasteiger partial charge < -0.3 is 10.5 Å². The quantitative estimate of drug-likeness (QED) is 0.699. The fraction of sp³-hybridized carbons (Fsp3) is 0.0952. The predicted octanol–water partition coefficient (Wildman–Crippen LogP) is 4.17. The zero-order valence-electron chi connectivity index (χ0n) is 15.0. The fourth-order valence-electron chi connectivity index (χ4n) is 2.66. The van der Waals surface area contributed by atoms with Gasteiger partial charge in [-0.3, -0.25) is 9.78 Å². The summed E-state index contributed by atoms with van der Waals surface area (Å²) in [5.74, 6) is -0.745. The zero-order valence-corrected chi connectivity index (χ0v) is 15.8. The van der Waals surface area contributed by atoms with Crippen molar-refractivity contribution in [2.75, 3.05) is 0 Å². The number of ether oxygens (including phenoxy) is 1. The first kappa shape index (κ1) is 20.9. The Balaban J connectivity index is 0.00000280. The standard InChI is InChI=1S/C21H16FN3O2.ClH/c1-13-8-15(3-5-18(13)21(24)26)20-9-14(6-7-25-20)12-27-17-4-2-16(11-23)19(22)10-17;/h2-10H,12H2,1H3,(H2,24,26);1H. The predicted molar refractivity (Wildman–Crippen MR) is 106 cm³/mol. The van der Waals surface area contributed by atoms with Crippen LogP contribution in [0.5, 0.6) is 5.75 Å². The number of amides is 1. The molecule has 0 atom stereocenters. The summed E-state index contributed by atoms with van der Waals surface area (Å²) in [6.07, 6.45) is 1.66. The number of hydrogen-bond acceptors (Lipinski definition) is 4. The van der Waals surface area contributed by atoms with Gasteiger partial charge in [-0.1, -0.05) is 6.07 Å². The van der Waals surface area contributed by atoms with Crippen molar-refractivity contribution in [3.05, 3.63) is 82.8 Å². The summed E-state index contributed by atoms with van der Waals surface area (Å²) < 4.78 is 19.2. The molecule has 0 fully saturated rings. The number of aryl methyl sites for hydroxylation is 1. The summed E-state index contributed by atoms with van der Waals surface area (Å²) in [5, 5.41) is 8.76. The first-order valence-corrected chi connectivity index (χ1v) is 8.16. The second kappa shape index (κ2) is 8.98. The second-order valence-electron chi connectivity index (χ2n) is 5.99. The summed E-state index contributed by atoms with van der Waals surface area (Å²) in [7, 11) is 0. The number of nitriles is 1. The van der Waals surface area contributed by atoms with Gasteiger partial charge in [0.2, 0.25) is 5.91 Å². The summed E-state index contributed by atoms with van der Waals surface area (Å²) in [4.78, 5) is 15.7. The molecule has 0 unspecified atom stereocenters. The third-order valence-corrected chi connectivity index (χ3v) is 4.08. The van der Waals surface area contributed by atoms with Gasteiger partial charge in [0.05, 0.1) is 11.3 Å². The van der Waals surface area contributed by atoms with E-state index in [9.17, 15) is 9.18 Å².